The van der Waals surface area contributed by atoms with Crippen LogP contribution in [0.5, 0.6) is 5.75 Å². The lowest BCUT2D eigenvalue weighted by Crippen LogP contribution is -1.92. The molecule has 0 bridgehead atoms. The van der Waals surface area contributed by atoms with E-state index in [-0.39, 0.29) is 0 Å². The van der Waals surface area contributed by atoms with Gasteiger partial charge in [0.05, 0.1) is 4.34 Å². The van der Waals surface area contributed by atoms with E-state index < -0.39 is 0 Å². The van der Waals surface area contributed by atoms with E-state index in [0.717, 1.165) is 19.4 Å². The second kappa shape index (κ2) is 5.01. The van der Waals surface area contributed by atoms with E-state index >= 15 is 0 Å². The van der Waals surface area contributed by atoms with Crippen molar-refractivity contribution >= 4 is 38.9 Å². The van der Waals surface area contributed by atoms with Gasteiger partial charge in [0.2, 0.25) is 0 Å². The van der Waals surface area contributed by atoms with Gasteiger partial charge in [0, 0.05) is 9.35 Å². The Bertz CT molecular complexity index is 455. The maximum absolute atomic E-state index is 5.82. The first-order valence-electron chi connectivity index (χ1n) is 4.36. The summed E-state index contributed by atoms with van der Waals surface area (Å²) in [7, 11) is 0. The average molecular weight is 304 g/mol. The van der Waals surface area contributed by atoms with Crippen molar-refractivity contribution in [3.63, 3.8) is 0 Å². The molecule has 78 valence electrons. The van der Waals surface area contributed by atoms with Crippen molar-refractivity contribution in [3.8, 4) is 5.75 Å². The van der Waals surface area contributed by atoms with Crippen LogP contribution in [0.2, 0.25) is 4.34 Å². The van der Waals surface area contributed by atoms with Crippen LogP contribution in [-0.2, 0) is 6.61 Å². The van der Waals surface area contributed by atoms with E-state index in [1.54, 1.807) is 0 Å². The topological polar surface area (TPSA) is 9.23 Å². The van der Waals surface area contributed by atoms with Crippen LogP contribution in [0.15, 0.2) is 40.9 Å². The summed E-state index contributed by atoms with van der Waals surface area (Å²) in [6, 6.07) is 11.6. The Morgan fingerprint density at radius 2 is 2.13 bits per heavy atom. The molecular weight excluding hydrogens is 296 g/mol. The van der Waals surface area contributed by atoms with Crippen LogP contribution in [0, 0.1) is 0 Å². The lowest BCUT2D eigenvalue weighted by molar-refractivity contribution is 0.309. The summed E-state index contributed by atoms with van der Waals surface area (Å²) in [5.41, 5.74) is 0. The Morgan fingerprint density at radius 1 is 1.27 bits per heavy atom. The summed E-state index contributed by atoms with van der Waals surface area (Å²) < 4.78 is 7.42. The van der Waals surface area contributed by atoms with Crippen LogP contribution in [0.4, 0.5) is 0 Å². The molecule has 0 radical (unpaired) electrons. The number of halogens is 2. The number of hydrogen-bond donors (Lipinski definition) is 0. The molecule has 0 N–H and O–H groups in total. The molecule has 0 amide bonds. The highest BCUT2D eigenvalue weighted by atomic mass is 79.9. The molecule has 1 nitrogen and oxygen atoms in total. The Hall–Kier alpha value is -0.510. The van der Waals surface area contributed by atoms with Gasteiger partial charge in [-0.3, -0.25) is 0 Å². The van der Waals surface area contributed by atoms with Gasteiger partial charge in [0.15, 0.2) is 0 Å². The fourth-order valence-corrected chi connectivity index (χ4v) is 2.52. The standard InChI is InChI=1S/C11H8BrClOS/c12-8-2-1-3-9(6-8)14-7-10-4-5-11(13)15-10/h1-6H,7H2. The number of hydrogen-bond acceptors (Lipinski definition) is 2. The fourth-order valence-electron chi connectivity index (χ4n) is 1.14. The summed E-state index contributed by atoms with van der Waals surface area (Å²) in [5, 5.41) is 0. The number of thiophene rings is 1. The number of benzene rings is 1. The molecule has 0 aliphatic carbocycles. The highest BCUT2D eigenvalue weighted by Gasteiger charge is 1.99. The van der Waals surface area contributed by atoms with E-state index in [0.29, 0.717) is 6.61 Å². The molecule has 1 aromatic carbocycles. The van der Waals surface area contributed by atoms with Crippen molar-refractivity contribution in [2.45, 2.75) is 6.61 Å². The Balaban J connectivity index is 1.99. The molecule has 2 rings (SSSR count). The minimum Gasteiger partial charge on any atom is -0.488 e. The minimum absolute atomic E-state index is 0.563. The van der Waals surface area contributed by atoms with Gasteiger partial charge in [-0.15, -0.1) is 11.3 Å². The zero-order valence-electron chi connectivity index (χ0n) is 7.74. The molecular formula is C11H8BrClOS. The highest BCUT2D eigenvalue weighted by Crippen LogP contribution is 2.24. The van der Waals surface area contributed by atoms with E-state index in [4.69, 9.17) is 16.3 Å². The second-order valence-electron chi connectivity index (χ2n) is 2.95. The largest absolute Gasteiger partial charge is 0.488 e. The molecule has 4 heteroatoms. The average Bonchev–Trinajstić information content (AvgIpc) is 2.62. The van der Waals surface area contributed by atoms with Crippen LogP contribution in [-0.4, -0.2) is 0 Å². The van der Waals surface area contributed by atoms with Gasteiger partial charge >= 0.3 is 0 Å². The van der Waals surface area contributed by atoms with Gasteiger partial charge in [-0.05, 0) is 30.3 Å². The van der Waals surface area contributed by atoms with Crippen LogP contribution in [0.1, 0.15) is 4.88 Å². The highest BCUT2D eigenvalue weighted by molar-refractivity contribution is 9.10. The van der Waals surface area contributed by atoms with Crippen molar-refractivity contribution in [2.75, 3.05) is 0 Å². The maximum atomic E-state index is 5.82. The van der Waals surface area contributed by atoms with E-state index in [9.17, 15) is 0 Å². The maximum Gasteiger partial charge on any atom is 0.122 e. The Kier molecular flexibility index (Phi) is 3.67. The lowest BCUT2D eigenvalue weighted by atomic mass is 10.3. The molecule has 15 heavy (non-hydrogen) atoms. The van der Waals surface area contributed by atoms with Crippen molar-refractivity contribution in [1.29, 1.82) is 0 Å². The summed E-state index contributed by atoms with van der Waals surface area (Å²) >= 11 is 10.8. The van der Waals surface area contributed by atoms with E-state index in [2.05, 4.69) is 15.9 Å². The molecule has 1 aromatic heterocycles. The quantitative estimate of drug-likeness (QED) is 0.795. The Morgan fingerprint density at radius 3 is 2.80 bits per heavy atom. The lowest BCUT2D eigenvalue weighted by Gasteiger charge is -2.04. The smallest absolute Gasteiger partial charge is 0.122 e. The molecule has 0 unspecified atom stereocenters. The fraction of sp³-hybridized carbons (Fsp3) is 0.0909. The molecule has 0 aliphatic rings. The second-order valence-corrected chi connectivity index (χ2v) is 5.67. The first kappa shape index (κ1) is 11.0. The molecule has 0 spiro atoms. The first-order chi connectivity index (χ1) is 7.24. The zero-order valence-corrected chi connectivity index (χ0v) is 10.9. The predicted molar refractivity (Wildman–Crippen MR) is 67.8 cm³/mol. The third-order valence-electron chi connectivity index (χ3n) is 1.81. The molecule has 0 saturated heterocycles. The first-order valence-corrected chi connectivity index (χ1v) is 6.35. The zero-order chi connectivity index (χ0) is 10.7. The summed E-state index contributed by atoms with van der Waals surface area (Å²) in [6.07, 6.45) is 0. The summed E-state index contributed by atoms with van der Waals surface area (Å²) in [4.78, 5) is 1.12. The van der Waals surface area contributed by atoms with Crippen LogP contribution in [0.3, 0.4) is 0 Å². The van der Waals surface area contributed by atoms with E-state index in [1.165, 1.54) is 11.3 Å². The molecule has 2 aromatic rings. The Labute approximate surface area is 106 Å². The van der Waals surface area contributed by atoms with Crippen molar-refractivity contribution in [3.05, 3.63) is 50.1 Å². The summed E-state index contributed by atoms with van der Waals surface area (Å²) in [6.45, 7) is 0.563. The van der Waals surface area contributed by atoms with Gasteiger partial charge in [0.25, 0.3) is 0 Å². The van der Waals surface area contributed by atoms with Gasteiger partial charge in [-0.25, -0.2) is 0 Å². The predicted octanol–water partition coefficient (Wildman–Crippen LogP) is 4.74. The third-order valence-corrected chi connectivity index (χ3v) is 3.50. The van der Waals surface area contributed by atoms with Crippen molar-refractivity contribution < 1.29 is 4.74 Å². The SMILES string of the molecule is Clc1ccc(COc2cccc(Br)c2)s1. The van der Waals surface area contributed by atoms with Gasteiger partial charge in [-0.2, -0.15) is 0 Å². The van der Waals surface area contributed by atoms with Gasteiger partial charge < -0.3 is 4.74 Å². The van der Waals surface area contributed by atoms with Gasteiger partial charge in [0.1, 0.15) is 12.4 Å². The van der Waals surface area contributed by atoms with E-state index in [1.807, 2.05) is 36.4 Å². The van der Waals surface area contributed by atoms with Crippen LogP contribution in [0.25, 0.3) is 0 Å². The summed E-state index contributed by atoms with van der Waals surface area (Å²) in [5.74, 6) is 0.855. The third kappa shape index (κ3) is 3.23. The van der Waals surface area contributed by atoms with Crippen molar-refractivity contribution in [1.82, 2.24) is 0 Å². The monoisotopic (exact) mass is 302 g/mol. The molecule has 0 fully saturated rings. The van der Waals surface area contributed by atoms with Crippen LogP contribution < -0.4 is 4.74 Å². The number of rotatable bonds is 3. The normalized spacial score (nSPS) is 10.3. The molecule has 0 aliphatic heterocycles. The molecule has 0 saturated carbocycles. The van der Waals surface area contributed by atoms with Gasteiger partial charge in [-0.1, -0.05) is 33.6 Å². The molecule has 0 atom stereocenters. The van der Waals surface area contributed by atoms with Crippen LogP contribution >= 0.6 is 38.9 Å². The minimum atomic E-state index is 0.563. The number of ether oxygens (including phenoxy) is 1. The molecule has 1 heterocycles. The van der Waals surface area contributed by atoms with Crippen molar-refractivity contribution in [2.24, 2.45) is 0 Å².